The van der Waals surface area contributed by atoms with Crippen molar-refractivity contribution in [1.82, 2.24) is 10.2 Å². The first-order chi connectivity index (χ1) is 15.1. The molecule has 1 aromatic rings. The second-order valence-electron chi connectivity index (χ2n) is 9.94. The number of rotatable bonds is 5. The number of nitrogens with one attached hydrogen (secondary N) is 1. The molecule has 4 aliphatic rings. The molecular weight excluding hydrogens is 388 g/mol. The molecule has 1 saturated heterocycles. The van der Waals surface area contributed by atoms with Gasteiger partial charge in [0.25, 0.3) is 0 Å². The summed E-state index contributed by atoms with van der Waals surface area (Å²) in [6, 6.07) is 8.58. The Morgan fingerprint density at radius 1 is 1.13 bits per heavy atom. The summed E-state index contributed by atoms with van der Waals surface area (Å²) >= 11 is 0. The van der Waals surface area contributed by atoms with Gasteiger partial charge in [-0.2, -0.15) is 0 Å². The molecule has 2 aliphatic carbocycles. The average Bonchev–Trinajstić information content (AvgIpc) is 3.59. The lowest BCUT2D eigenvalue weighted by molar-refractivity contribution is -0.134. The molecule has 0 radical (unpaired) electrons. The Kier molecular flexibility index (Phi) is 5.77. The number of piperidine rings is 1. The Morgan fingerprint density at radius 3 is 2.68 bits per heavy atom. The molecule has 5 heteroatoms. The van der Waals surface area contributed by atoms with Gasteiger partial charge in [-0.15, -0.1) is 0 Å². The summed E-state index contributed by atoms with van der Waals surface area (Å²) in [5.41, 5.74) is 2.21. The molecule has 1 spiro atoms. The maximum atomic E-state index is 12.8. The highest BCUT2D eigenvalue weighted by Crippen LogP contribution is 2.46. The second kappa shape index (κ2) is 8.68. The summed E-state index contributed by atoms with van der Waals surface area (Å²) in [4.78, 5) is 27.4. The highest BCUT2D eigenvalue weighted by atomic mass is 16.5. The topological polar surface area (TPSA) is 58.6 Å². The third kappa shape index (κ3) is 4.81. The number of ether oxygens (including phenoxy) is 1. The van der Waals surface area contributed by atoms with Gasteiger partial charge in [-0.05, 0) is 56.6 Å². The van der Waals surface area contributed by atoms with E-state index in [0.29, 0.717) is 18.9 Å². The smallest absolute Gasteiger partial charge is 0.226 e. The Morgan fingerprint density at radius 2 is 1.94 bits per heavy atom. The van der Waals surface area contributed by atoms with E-state index in [1.807, 2.05) is 23.1 Å². The van der Waals surface area contributed by atoms with E-state index in [2.05, 4.69) is 17.5 Å². The number of para-hydroxylation sites is 1. The molecular formula is C26H34N2O3. The predicted molar refractivity (Wildman–Crippen MR) is 120 cm³/mol. The first kappa shape index (κ1) is 20.6. The lowest BCUT2D eigenvalue weighted by Gasteiger charge is -2.47. The van der Waals surface area contributed by atoms with E-state index >= 15 is 0 Å². The summed E-state index contributed by atoms with van der Waals surface area (Å²) < 4.78 is 6.56. The molecule has 1 saturated carbocycles. The Balaban J connectivity index is 1.24. The van der Waals surface area contributed by atoms with E-state index in [1.54, 1.807) is 0 Å². The van der Waals surface area contributed by atoms with Crippen LogP contribution in [0.15, 0.2) is 35.9 Å². The number of likely N-dealkylation sites (tertiary alicyclic amines) is 1. The fourth-order valence-electron chi connectivity index (χ4n) is 5.51. The van der Waals surface area contributed by atoms with Crippen molar-refractivity contribution in [2.45, 2.75) is 88.2 Å². The minimum Gasteiger partial charge on any atom is -0.487 e. The van der Waals surface area contributed by atoms with Gasteiger partial charge in [0.05, 0.1) is 0 Å². The first-order valence-electron chi connectivity index (χ1n) is 12.1. The van der Waals surface area contributed by atoms with Crippen molar-refractivity contribution < 1.29 is 14.3 Å². The number of carbonyl (C=O) groups is 2. The Hall–Kier alpha value is -2.30. The van der Waals surface area contributed by atoms with Crippen LogP contribution in [0.3, 0.4) is 0 Å². The molecule has 5 nitrogen and oxygen atoms in total. The lowest BCUT2D eigenvalue weighted by Crippen LogP contribution is -2.52. The maximum absolute atomic E-state index is 12.8. The van der Waals surface area contributed by atoms with Gasteiger partial charge in [0.15, 0.2) is 0 Å². The second-order valence-corrected chi connectivity index (χ2v) is 9.94. The van der Waals surface area contributed by atoms with Crippen LogP contribution in [0.5, 0.6) is 5.75 Å². The quantitative estimate of drug-likeness (QED) is 0.712. The number of benzene rings is 1. The van der Waals surface area contributed by atoms with Gasteiger partial charge in [-0.3, -0.25) is 9.59 Å². The van der Waals surface area contributed by atoms with Gasteiger partial charge in [-0.25, -0.2) is 0 Å². The highest BCUT2D eigenvalue weighted by Gasteiger charge is 2.44. The van der Waals surface area contributed by atoms with E-state index in [1.165, 1.54) is 18.4 Å². The summed E-state index contributed by atoms with van der Waals surface area (Å²) in [5.74, 6) is 1.52. The summed E-state index contributed by atoms with van der Waals surface area (Å²) in [6.45, 7) is 1.49. The number of amides is 2. The van der Waals surface area contributed by atoms with Crippen molar-refractivity contribution in [3.63, 3.8) is 0 Å². The van der Waals surface area contributed by atoms with Crippen molar-refractivity contribution >= 4 is 11.8 Å². The summed E-state index contributed by atoms with van der Waals surface area (Å²) in [7, 11) is 0. The van der Waals surface area contributed by atoms with E-state index in [9.17, 15) is 9.59 Å². The van der Waals surface area contributed by atoms with Crippen LogP contribution in [-0.4, -0.2) is 41.4 Å². The Bertz CT molecular complexity index is 865. The lowest BCUT2D eigenvalue weighted by atomic mass is 9.76. The van der Waals surface area contributed by atoms with Crippen LogP contribution in [0.4, 0.5) is 0 Å². The minimum absolute atomic E-state index is 0.160. The third-order valence-corrected chi connectivity index (χ3v) is 7.47. The molecule has 0 aromatic heterocycles. The fourth-order valence-corrected chi connectivity index (χ4v) is 5.51. The molecule has 0 bridgehead atoms. The molecule has 1 N–H and O–H groups in total. The molecule has 2 fully saturated rings. The minimum atomic E-state index is -0.264. The van der Waals surface area contributed by atoms with Crippen molar-refractivity contribution in [2.75, 3.05) is 13.1 Å². The molecule has 2 amide bonds. The molecule has 166 valence electrons. The van der Waals surface area contributed by atoms with Gasteiger partial charge in [0, 0.05) is 50.7 Å². The molecule has 5 rings (SSSR count). The number of allylic oxidation sites excluding steroid dienone is 1. The maximum Gasteiger partial charge on any atom is 0.226 e. The molecule has 1 atom stereocenters. The van der Waals surface area contributed by atoms with Gasteiger partial charge in [-0.1, -0.05) is 29.8 Å². The molecule has 2 aliphatic heterocycles. The fraction of sp³-hybridized carbons (Fsp3) is 0.615. The van der Waals surface area contributed by atoms with Crippen LogP contribution >= 0.6 is 0 Å². The molecule has 31 heavy (non-hydrogen) atoms. The zero-order chi connectivity index (χ0) is 21.3. The predicted octanol–water partition coefficient (Wildman–Crippen LogP) is 4.47. The third-order valence-electron chi connectivity index (χ3n) is 7.47. The summed E-state index contributed by atoms with van der Waals surface area (Å²) in [6.07, 6.45) is 12.8. The van der Waals surface area contributed by atoms with Crippen LogP contribution in [0.2, 0.25) is 0 Å². The van der Waals surface area contributed by atoms with Gasteiger partial charge in [0.2, 0.25) is 11.8 Å². The van der Waals surface area contributed by atoms with Crippen LogP contribution in [-0.2, 0) is 9.59 Å². The number of carbonyl (C=O) groups excluding carboxylic acids is 2. The van der Waals surface area contributed by atoms with Gasteiger partial charge < -0.3 is 15.0 Å². The van der Waals surface area contributed by atoms with Gasteiger partial charge in [0.1, 0.15) is 11.4 Å². The number of hydrogen-bond donors (Lipinski definition) is 1. The van der Waals surface area contributed by atoms with Crippen molar-refractivity contribution in [1.29, 1.82) is 0 Å². The van der Waals surface area contributed by atoms with Crippen LogP contribution in [0.1, 0.15) is 82.1 Å². The van der Waals surface area contributed by atoms with Crippen LogP contribution < -0.4 is 10.1 Å². The first-order valence-corrected chi connectivity index (χ1v) is 12.1. The van der Waals surface area contributed by atoms with Crippen molar-refractivity contribution in [3.05, 3.63) is 41.5 Å². The Labute approximate surface area is 185 Å². The SMILES string of the molecule is O=C(CC1CC2(CCN(C(=O)CC3=CCCCC3)CC2)Oc2ccccc21)NC1CC1. The zero-order valence-corrected chi connectivity index (χ0v) is 18.4. The average molecular weight is 423 g/mol. The largest absolute Gasteiger partial charge is 0.487 e. The van der Waals surface area contributed by atoms with Crippen molar-refractivity contribution in [3.8, 4) is 5.75 Å². The number of nitrogens with zero attached hydrogens (tertiary/aromatic N) is 1. The van der Waals surface area contributed by atoms with Crippen LogP contribution in [0.25, 0.3) is 0 Å². The van der Waals surface area contributed by atoms with Crippen molar-refractivity contribution in [2.24, 2.45) is 0 Å². The summed E-state index contributed by atoms with van der Waals surface area (Å²) in [5, 5.41) is 3.15. The van der Waals surface area contributed by atoms with Crippen LogP contribution in [0, 0.1) is 0 Å². The monoisotopic (exact) mass is 422 g/mol. The molecule has 1 aromatic carbocycles. The van der Waals surface area contributed by atoms with E-state index < -0.39 is 0 Å². The standard InChI is InChI=1S/C26H34N2O3/c29-24(27-21-10-11-21)17-20-18-26(31-23-9-5-4-8-22(20)23)12-14-28(15-13-26)25(30)16-19-6-2-1-3-7-19/h4-6,8-9,20-21H,1-3,7,10-18H2,(H,27,29). The van der Waals surface area contributed by atoms with E-state index in [0.717, 1.165) is 69.3 Å². The van der Waals surface area contributed by atoms with E-state index in [4.69, 9.17) is 4.74 Å². The zero-order valence-electron chi connectivity index (χ0n) is 18.4. The highest BCUT2D eigenvalue weighted by molar-refractivity contribution is 5.79. The van der Waals surface area contributed by atoms with Gasteiger partial charge >= 0.3 is 0 Å². The molecule has 2 heterocycles. The molecule has 1 unspecified atom stereocenters. The number of hydrogen-bond acceptors (Lipinski definition) is 3. The van der Waals surface area contributed by atoms with E-state index in [-0.39, 0.29) is 23.3 Å². The number of fused-ring (bicyclic) bond motifs is 1. The normalized spacial score (nSPS) is 24.7.